The van der Waals surface area contributed by atoms with Gasteiger partial charge in [-0.15, -0.1) is 0 Å². The molecule has 3 heteroatoms. The predicted octanol–water partition coefficient (Wildman–Crippen LogP) is 3.29. The summed E-state index contributed by atoms with van der Waals surface area (Å²) in [4.78, 5) is 0. The third-order valence-corrected chi connectivity index (χ3v) is 3.96. The maximum atomic E-state index is 6.27. The van der Waals surface area contributed by atoms with E-state index >= 15 is 0 Å². The van der Waals surface area contributed by atoms with Crippen molar-refractivity contribution in [2.45, 2.75) is 32.7 Å². The molecule has 1 aliphatic rings. The van der Waals surface area contributed by atoms with E-state index < -0.39 is 0 Å². The number of halogens is 1. The van der Waals surface area contributed by atoms with E-state index in [1.165, 1.54) is 5.56 Å². The first-order valence-corrected chi connectivity index (χ1v) is 7.04. The lowest BCUT2D eigenvalue weighted by Crippen LogP contribution is -2.39. The molecule has 0 saturated carbocycles. The summed E-state index contributed by atoms with van der Waals surface area (Å²) < 4.78 is 5.62. The van der Waals surface area contributed by atoms with Crippen LogP contribution in [0, 0.1) is 5.41 Å². The Morgan fingerprint density at radius 3 is 2.78 bits per heavy atom. The van der Waals surface area contributed by atoms with E-state index in [-0.39, 0.29) is 5.41 Å². The minimum Gasteiger partial charge on any atom is -0.381 e. The zero-order valence-corrected chi connectivity index (χ0v) is 12.0. The van der Waals surface area contributed by atoms with Gasteiger partial charge in [-0.3, -0.25) is 0 Å². The lowest BCUT2D eigenvalue weighted by Gasteiger charge is -2.29. The summed E-state index contributed by atoms with van der Waals surface area (Å²) in [5.41, 5.74) is 1.44. The quantitative estimate of drug-likeness (QED) is 0.884. The van der Waals surface area contributed by atoms with Crippen molar-refractivity contribution in [3.8, 4) is 0 Å². The maximum Gasteiger partial charge on any atom is 0.0538 e. The first-order chi connectivity index (χ1) is 8.61. The average Bonchev–Trinajstić information content (AvgIpc) is 2.79. The van der Waals surface area contributed by atoms with E-state index in [1.807, 2.05) is 12.1 Å². The van der Waals surface area contributed by atoms with E-state index in [9.17, 15) is 0 Å². The molecule has 2 rings (SSSR count). The van der Waals surface area contributed by atoms with Gasteiger partial charge in [0.15, 0.2) is 0 Å². The van der Waals surface area contributed by atoms with E-state index in [0.717, 1.165) is 37.6 Å². The summed E-state index contributed by atoms with van der Waals surface area (Å²) in [6, 6.07) is 8.64. The fraction of sp³-hybridized carbons (Fsp3) is 0.600. The highest BCUT2D eigenvalue weighted by Crippen LogP contribution is 2.34. The second kappa shape index (κ2) is 6.05. The molecule has 0 bridgehead atoms. The zero-order valence-electron chi connectivity index (χ0n) is 11.2. The molecule has 0 radical (unpaired) electrons. The smallest absolute Gasteiger partial charge is 0.0538 e. The summed E-state index contributed by atoms with van der Waals surface area (Å²) in [6.07, 6.45) is 2.10. The van der Waals surface area contributed by atoms with Gasteiger partial charge in [-0.1, -0.05) is 43.6 Å². The summed E-state index contributed by atoms with van der Waals surface area (Å²) in [6.45, 7) is 7.05. The fourth-order valence-electron chi connectivity index (χ4n) is 2.46. The Kier molecular flexibility index (Phi) is 4.66. The fourth-order valence-corrected chi connectivity index (χ4v) is 2.66. The minimum atomic E-state index is 0.204. The van der Waals surface area contributed by atoms with Gasteiger partial charge < -0.3 is 10.1 Å². The van der Waals surface area contributed by atoms with Crippen molar-refractivity contribution in [1.82, 2.24) is 5.32 Å². The molecule has 1 atom stereocenters. The highest BCUT2D eigenvalue weighted by atomic mass is 35.5. The van der Waals surface area contributed by atoms with Crippen LogP contribution < -0.4 is 5.32 Å². The Hall–Kier alpha value is -0.570. The Labute approximate surface area is 115 Å². The number of benzene rings is 1. The van der Waals surface area contributed by atoms with Crippen LogP contribution in [0.25, 0.3) is 0 Å². The van der Waals surface area contributed by atoms with Crippen LogP contribution in [0.4, 0.5) is 0 Å². The molecule has 18 heavy (non-hydrogen) atoms. The lowest BCUT2D eigenvalue weighted by atomic mass is 9.80. The Bertz CT molecular complexity index is 386. The Balaban J connectivity index is 2.08. The topological polar surface area (TPSA) is 21.3 Å². The predicted molar refractivity (Wildman–Crippen MR) is 76.2 cm³/mol. The zero-order chi connectivity index (χ0) is 13.0. The first-order valence-electron chi connectivity index (χ1n) is 6.66. The molecule has 0 spiro atoms. The van der Waals surface area contributed by atoms with Gasteiger partial charge in [-0.2, -0.15) is 0 Å². The highest BCUT2D eigenvalue weighted by Gasteiger charge is 2.35. The summed E-state index contributed by atoms with van der Waals surface area (Å²) >= 11 is 6.27. The highest BCUT2D eigenvalue weighted by molar-refractivity contribution is 6.31. The molecule has 1 saturated heterocycles. The third-order valence-electron chi connectivity index (χ3n) is 3.59. The van der Waals surface area contributed by atoms with Gasteiger partial charge in [0.1, 0.15) is 0 Å². The van der Waals surface area contributed by atoms with Crippen molar-refractivity contribution in [3.05, 3.63) is 34.9 Å². The van der Waals surface area contributed by atoms with E-state index in [4.69, 9.17) is 16.3 Å². The molecular formula is C15H22ClNO. The second-order valence-corrected chi connectivity index (χ2v) is 6.01. The van der Waals surface area contributed by atoms with Crippen LogP contribution in [0.1, 0.15) is 25.8 Å². The number of nitrogens with one attached hydrogen (secondary N) is 1. The Morgan fingerprint density at radius 2 is 2.17 bits per heavy atom. The third kappa shape index (κ3) is 3.47. The standard InChI is InChI=1S/C15H22ClNO/c1-12(2)17-10-15(7-8-18-11-15)9-13-5-3-4-6-14(13)16/h3-6,12,17H,7-11H2,1-2H3. The molecule has 1 heterocycles. The molecule has 1 fully saturated rings. The van der Waals surface area contributed by atoms with Gasteiger partial charge >= 0.3 is 0 Å². The van der Waals surface area contributed by atoms with Crippen molar-refractivity contribution in [1.29, 1.82) is 0 Å². The van der Waals surface area contributed by atoms with Gasteiger partial charge in [0.25, 0.3) is 0 Å². The van der Waals surface area contributed by atoms with Gasteiger partial charge in [-0.25, -0.2) is 0 Å². The van der Waals surface area contributed by atoms with Crippen molar-refractivity contribution >= 4 is 11.6 Å². The first kappa shape index (κ1) is 13.9. The molecule has 0 aromatic heterocycles. The average molecular weight is 268 g/mol. The number of rotatable bonds is 5. The molecule has 1 aliphatic heterocycles. The second-order valence-electron chi connectivity index (χ2n) is 5.61. The van der Waals surface area contributed by atoms with Gasteiger partial charge in [0.2, 0.25) is 0 Å². The molecule has 100 valence electrons. The minimum absolute atomic E-state index is 0.204. The van der Waals surface area contributed by atoms with Crippen molar-refractivity contribution in [3.63, 3.8) is 0 Å². The van der Waals surface area contributed by atoms with E-state index in [1.54, 1.807) is 0 Å². The summed E-state index contributed by atoms with van der Waals surface area (Å²) in [5.74, 6) is 0. The van der Waals surface area contributed by atoms with Crippen LogP contribution in [0.15, 0.2) is 24.3 Å². The van der Waals surface area contributed by atoms with Crippen molar-refractivity contribution in [2.24, 2.45) is 5.41 Å². The van der Waals surface area contributed by atoms with Crippen LogP contribution in [0.5, 0.6) is 0 Å². The molecule has 1 unspecified atom stereocenters. The number of ether oxygens (including phenoxy) is 1. The van der Waals surface area contributed by atoms with Crippen LogP contribution >= 0.6 is 11.6 Å². The lowest BCUT2D eigenvalue weighted by molar-refractivity contribution is 0.148. The van der Waals surface area contributed by atoms with E-state index in [2.05, 4.69) is 31.3 Å². The Morgan fingerprint density at radius 1 is 1.39 bits per heavy atom. The molecule has 2 nitrogen and oxygen atoms in total. The number of hydrogen-bond acceptors (Lipinski definition) is 2. The van der Waals surface area contributed by atoms with E-state index in [0.29, 0.717) is 6.04 Å². The summed E-state index contributed by atoms with van der Waals surface area (Å²) in [5, 5.41) is 4.41. The van der Waals surface area contributed by atoms with Crippen molar-refractivity contribution in [2.75, 3.05) is 19.8 Å². The SMILES string of the molecule is CC(C)NCC1(Cc2ccccc2Cl)CCOC1. The molecule has 1 aromatic carbocycles. The van der Waals surface area contributed by atoms with Crippen LogP contribution in [-0.4, -0.2) is 25.8 Å². The molecule has 1 N–H and O–H groups in total. The number of hydrogen-bond donors (Lipinski definition) is 1. The molecule has 0 amide bonds. The molecular weight excluding hydrogens is 246 g/mol. The van der Waals surface area contributed by atoms with Gasteiger partial charge in [0.05, 0.1) is 6.61 Å². The maximum absolute atomic E-state index is 6.27. The molecule has 0 aliphatic carbocycles. The largest absolute Gasteiger partial charge is 0.381 e. The van der Waals surface area contributed by atoms with Crippen LogP contribution in [0.2, 0.25) is 5.02 Å². The van der Waals surface area contributed by atoms with Gasteiger partial charge in [-0.05, 0) is 24.5 Å². The van der Waals surface area contributed by atoms with Crippen LogP contribution in [-0.2, 0) is 11.2 Å². The molecule has 1 aromatic rings. The summed E-state index contributed by atoms with van der Waals surface area (Å²) in [7, 11) is 0. The monoisotopic (exact) mass is 267 g/mol. The van der Waals surface area contributed by atoms with Gasteiger partial charge in [0, 0.05) is 29.6 Å². The van der Waals surface area contributed by atoms with Crippen molar-refractivity contribution < 1.29 is 4.74 Å². The van der Waals surface area contributed by atoms with Crippen LogP contribution in [0.3, 0.4) is 0 Å². The normalized spacial score (nSPS) is 23.8.